The number of carbonyl (C=O) groups excluding carboxylic acids is 1. The number of phenols is 1. The smallest absolute Gasteiger partial charge is 0.158 e. The van der Waals surface area contributed by atoms with Gasteiger partial charge in [0.2, 0.25) is 0 Å². The monoisotopic (exact) mass is 312 g/mol. The number of aromatic nitrogens is 2. The summed E-state index contributed by atoms with van der Waals surface area (Å²) in [5.41, 5.74) is 2.14. The minimum absolute atomic E-state index is 0.0758. The van der Waals surface area contributed by atoms with Crippen LogP contribution in [0.25, 0.3) is 17.3 Å². The van der Waals surface area contributed by atoms with E-state index in [9.17, 15) is 9.90 Å². The van der Waals surface area contributed by atoms with Crippen LogP contribution in [0, 0.1) is 5.92 Å². The van der Waals surface area contributed by atoms with Gasteiger partial charge in [0, 0.05) is 19.2 Å². The van der Waals surface area contributed by atoms with Crippen molar-refractivity contribution in [2.45, 2.75) is 33.1 Å². The highest BCUT2D eigenvalue weighted by Crippen LogP contribution is 2.32. The van der Waals surface area contributed by atoms with Gasteiger partial charge in [-0.15, -0.1) is 0 Å². The van der Waals surface area contributed by atoms with Gasteiger partial charge < -0.3 is 9.67 Å². The van der Waals surface area contributed by atoms with E-state index in [4.69, 9.17) is 0 Å². The van der Waals surface area contributed by atoms with Crippen molar-refractivity contribution in [3.8, 4) is 17.0 Å². The molecule has 0 aliphatic rings. The third-order valence-corrected chi connectivity index (χ3v) is 4.00. The van der Waals surface area contributed by atoms with Crippen molar-refractivity contribution in [1.82, 2.24) is 9.55 Å². The molecule has 0 bridgehead atoms. The molecular formula is C19H24N2O2. The van der Waals surface area contributed by atoms with Crippen LogP contribution in [0.15, 0.2) is 36.8 Å². The first-order valence-corrected chi connectivity index (χ1v) is 8.09. The average molecular weight is 312 g/mol. The van der Waals surface area contributed by atoms with Gasteiger partial charge in [0.05, 0.1) is 17.6 Å². The Bertz CT molecular complexity index is 701. The summed E-state index contributed by atoms with van der Waals surface area (Å²) in [6, 6.07) is 5.29. The van der Waals surface area contributed by atoms with Crippen LogP contribution in [0.2, 0.25) is 0 Å². The zero-order valence-corrected chi connectivity index (χ0v) is 14.0. The molecule has 0 aliphatic heterocycles. The Morgan fingerprint density at radius 1 is 1.39 bits per heavy atom. The predicted octanol–water partition coefficient (Wildman–Crippen LogP) is 4.20. The number of rotatable bonds is 7. The van der Waals surface area contributed by atoms with Crippen LogP contribution in [0.3, 0.4) is 0 Å². The molecule has 1 N–H and O–H groups in total. The van der Waals surface area contributed by atoms with Crippen molar-refractivity contribution < 1.29 is 9.90 Å². The van der Waals surface area contributed by atoms with E-state index < -0.39 is 0 Å². The molecule has 2 aromatic rings. The summed E-state index contributed by atoms with van der Waals surface area (Å²) in [7, 11) is 1.88. The minimum atomic E-state index is 0.0758. The number of carbonyl (C=O) groups is 1. The number of hydrogen-bond donors (Lipinski definition) is 1. The molecule has 0 aliphatic carbocycles. The molecule has 0 radical (unpaired) electrons. The molecule has 4 heteroatoms. The number of benzene rings is 1. The molecule has 1 atom stereocenters. The predicted molar refractivity (Wildman–Crippen MR) is 93.0 cm³/mol. The normalized spacial score (nSPS) is 12.7. The highest BCUT2D eigenvalue weighted by atomic mass is 16.3. The lowest BCUT2D eigenvalue weighted by Gasteiger charge is -2.10. The first-order valence-electron chi connectivity index (χ1n) is 8.09. The quantitative estimate of drug-likeness (QED) is 0.779. The Labute approximate surface area is 137 Å². The molecule has 1 aromatic heterocycles. The van der Waals surface area contributed by atoms with E-state index in [2.05, 4.69) is 11.9 Å². The summed E-state index contributed by atoms with van der Waals surface area (Å²) in [5, 5.41) is 10.2. The zero-order chi connectivity index (χ0) is 16.8. The number of nitrogens with zero attached hydrogens (tertiary/aromatic N) is 2. The molecule has 0 fully saturated rings. The van der Waals surface area contributed by atoms with Crippen molar-refractivity contribution in [2.24, 2.45) is 13.0 Å². The lowest BCUT2D eigenvalue weighted by molar-refractivity contribution is -0.118. The summed E-state index contributed by atoms with van der Waals surface area (Å²) >= 11 is 0. The molecule has 0 spiro atoms. The van der Waals surface area contributed by atoms with Crippen molar-refractivity contribution in [3.63, 3.8) is 0 Å². The standard InChI is InChI=1S/C19H24N2O2/c1-4-7-14(5-2)17(22)11-10-15-8-6-9-18(23)19(15)16-12-21(3)13-20-16/h6,8-14,23H,4-5,7H2,1-3H3/b11-10+. The molecule has 122 valence electrons. The van der Waals surface area contributed by atoms with Crippen LogP contribution >= 0.6 is 0 Å². The number of allylic oxidation sites excluding steroid dienone is 1. The Balaban J connectivity index is 2.32. The largest absolute Gasteiger partial charge is 0.507 e. The maximum atomic E-state index is 12.3. The van der Waals surface area contributed by atoms with E-state index in [1.807, 2.05) is 30.8 Å². The van der Waals surface area contributed by atoms with Crippen LogP contribution in [0.1, 0.15) is 38.7 Å². The number of aromatic hydroxyl groups is 1. The lowest BCUT2D eigenvalue weighted by Crippen LogP contribution is -2.10. The van der Waals surface area contributed by atoms with E-state index >= 15 is 0 Å². The Morgan fingerprint density at radius 2 is 2.17 bits per heavy atom. The highest BCUT2D eigenvalue weighted by Gasteiger charge is 2.14. The summed E-state index contributed by atoms with van der Waals surface area (Å²) < 4.78 is 1.83. The van der Waals surface area contributed by atoms with Crippen LogP contribution in [-0.4, -0.2) is 20.4 Å². The van der Waals surface area contributed by atoms with E-state index in [1.165, 1.54) is 0 Å². The number of imidazole rings is 1. The molecular weight excluding hydrogens is 288 g/mol. The molecule has 4 nitrogen and oxygen atoms in total. The van der Waals surface area contributed by atoms with Gasteiger partial charge in [-0.05, 0) is 30.5 Å². The second-order valence-corrected chi connectivity index (χ2v) is 5.80. The Kier molecular flexibility index (Phi) is 5.74. The Hall–Kier alpha value is -2.36. The Morgan fingerprint density at radius 3 is 2.78 bits per heavy atom. The number of ketones is 1. The SMILES string of the molecule is CCCC(CC)C(=O)/C=C/c1cccc(O)c1-c1cn(C)cn1. The second-order valence-electron chi connectivity index (χ2n) is 5.80. The third kappa shape index (κ3) is 4.09. The van der Waals surface area contributed by atoms with Gasteiger partial charge in [0.15, 0.2) is 5.78 Å². The lowest BCUT2D eigenvalue weighted by atomic mass is 9.94. The van der Waals surface area contributed by atoms with Crippen LogP contribution < -0.4 is 0 Å². The number of aryl methyl sites for hydroxylation is 1. The van der Waals surface area contributed by atoms with Gasteiger partial charge in [0.25, 0.3) is 0 Å². The summed E-state index contributed by atoms with van der Waals surface area (Å²) in [4.78, 5) is 16.6. The van der Waals surface area contributed by atoms with E-state index in [0.29, 0.717) is 11.3 Å². The third-order valence-electron chi connectivity index (χ3n) is 4.00. The number of phenolic OH excluding ortho intramolecular Hbond substituents is 1. The molecule has 0 saturated heterocycles. The van der Waals surface area contributed by atoms with Crippen LogP contribution in [0.5, 0.6) is 5.75 Å². The van der Waals surface area contributed by atoms with Crippen molar-refractivity contribution in [2.75, 3.05) is 0 Å². The maximum Gasteiger partial charge on any atom is 0.158 e. The van der Waals surface area contributed by atoms with Crippen LogP contribution in [-0.2, 0) is 11.8 Å². The fourth-order valence-electron chi connectivity index (χ4n) is 2.72. The topological polar surface area (TPSA) is 55.1 Å². The van der Waals surface area contributed by atoms with Crippen molar-refractivity contribution in [3.05, 3.63) is 42.4 Å². The fourth-order valence-corrected chi connectivity index (χ4v) is 2.72. The molecule has 23 heavy (non-hydrogen) atoms. The summed E-state index contributed by atoms with van der Waals surface area (Å²) in [5.74, 6) is 0.385. The molecule has 2 rings (SSSR count). The first kappa shape index (κ1) is 17.0. The van der Waals surface area contributed by atoms with Gasteiger partial charge in [-0.1, -0.05) is 38.5 Å². The van der Waals surface area contributed by atoms with E-state index in [1.54, 1.807) is 30.6 Å². The summed E-state index contributed by atoms with van der Waals surface area (Å²) in [6.07, 6.45) is 9.71. The van der Waals surface area contributed by atoms with Gasteiger partial charge in [-0.3, -0.25) is 4.79 Å². The minimum Gasteiger partial charge on any atom is -0.507 e. The van der Waals surface area contributed by atoms with E-state index in [0.717, 1.165) is 24.8 Å². The highest BCUT2D eigenvalue weighted by molar-refractivity contribution is 5.96. The van der Waals surface area contributed by atoms with Crippen molar-refractivity contribution >= 4 is 11.9 Å². The fraction of sp³-hybridized carbons (Fsp3) is 0.368. The summed E-state index contributed by atoms with van der Waals surface area (Å²) in [6.45, 7) is 4.13. The second kappa shape index (κ2) is 7.77. The molecule has 0 saturated carbocycles. The van der Waals surface area contributed by atoms with Crippen LogP contribution in [0.4, 0.5) is 0 Å². The van der Waals surface area contributed by atoms with E-state index in [-0.39, 0.29) is 17.5 Å². The average Bonchev–Trinajstić information content (AvgIpc) is 2.96. The molecule has 1 heterocycles. The molecule has 1 aromatic carbocycles. The van der Waals surface area contributed by atoms with Gasteiger partial charge in [0.1, 0.15) is 5.75 Å². The first-order chi connectivity index (χ1) is 11.1. The zero-order valence-electron chi connectivity index (χ0n) is 14.0. The molecule has 1 unspecified atom stereocenters. The van der Waals surface area contributed by atoms with Gasteiger partial charge in [-0.25, -0.2) is 4.98 Å². The van der Waals surface area contributed by atoms with Crippen molar-refractivity contribution in [1.29, 1.82) is 0 Å². The number of hydrogen-bond acceptors (Lipinski definition) is 3. The van der Waals surface area contributed by atoms with Gasteiger partial charge in [-0.2, -0.15) is 0 Å². The van der Waals surface area contributed by atoms with Gasteiger partial charge >= 0.3 is 0 Å². The maximum absolute atomic E-state index is 12.3. The molecule has 0 amide bonds.